The maximum Gasteiger partial charge on any atom is 0.0786 e. The van der Waals surface area contributed by atoms with Crippen molar-refractivity contribution < 1.29 is 4.48 Å². The first-order chi connectivity index (χ1) is 11.2. The van der Waals surface area contributed by atoms with Crippen LogP contribution in [-0.2, 0) is 0 Å². The topological polar surface area (TPSA) is 0 Å². The molecule has 0 unspecified atom stereocenters. The van der Waals surface area contributed by atoms with E-state index in [-0.39, 0.29) is 8.41 Å². The fourth-order valence-electron chi connectivity index (χ4n) is 3.75. The Balaban J connectivity index is 0. The number of quaternary nitrogens is 1. The molecule has 2 heteroatoms. The molecule has 0 amide bonds. The van der Waals surface area contributed by atoms with Crippen LogP contribution in [0.3, 0.4) is 0 Å². The average molecular weight is 337 g/mol. The summed E-state index contributed by atoms with van der Waals surface area (Å²) in [7, 11) is 0. The van der Waals surface area contributed by atoms with Gasteiger partial charge in [0.05, 0.1) is 26.2 Å². The maximum absolute atomic E-state index is 2.39. The lowest BCUT2D eigenvalue weighted by Gasteiger charge is -2.37. The van der Waals surface area contributed by atoms with Crippen molar-refractivity contribution in [2.45, 2.75) is 118 Å². The van der Waals surface area contributed by atoms with Crippen molar-refractivity contribution >= 4 is 8.41 Å². The molecule has 0 N–H and O–H groups in total. The first-order valence-corrected chi connectivity index (χ1v) is 11.1. The SMILES string of the molecule is CCCCCCCCCCCCCC[N+](CC)(CC)CCCC.[B-]. The molecule has 24 heavy (non-hydrogen) atoms. The summed E-state index contributed by atoms with van der Waals surface area (Å²) in [6.45, 7) is 14.9. The van der Waals surface area contributed by atoms with E-state index < -0.39 is 0 Å². The van der Waals surface area contributed by atoms with Crippen LogP contribution in [0.15, 0.2) is 0 Å². The van der Waals surface area contributed by atoms with Crippen molar-refractivity contribution in [2.24, 2.45) is 0 Å². The highest BCUT2D eigenvalue weighted by atomic mass is 15.3. The molecule has 144 valence electrons. The Morgan fingerprint density at radius 3 is 1.12 bits per heavy atom. The van der Waals surface area contributed by atoms with Crippen LogP contribution >= 0.6 is 0 Å². The van der Waals surface area contributed by atoms with Gasteiger partial charge in [0.25, 0.3) is 0 Å². The summed E-state index contributed by atoms with van der Waals surface area (Å²) >= 11 is 0. The zero-order chi connectivity index (χ0) is 17.2. The maximum atomic E-state index is 2.39. The molecule has 0 aromatic carbocycles. The van der Waals surface area contributed by atoms with Gasteiger partial charge >= 0.3 is 0 Å². The highest BCUT2D eigenvalue weighted by molar-refractivity contribution is 5.75. The van der Waals surface area contributed by atoms with Crippen molar-refractivity contribution in [2.75, 3.05) is 26.2 Å². The summed E-state index contributed by atoms with van der Waals surface area (Å²) in [6, 6.07) is 0. The molecule has 0 aromatic heterocycles. The number of unbranched alkanes of at least 4 members (excludes halogenated alkanes) is 12. The van der Waals surface area contributed by atoms with E-state index in [1.807, 2.05) is 0 Å². The molecule has 0 aromatic rings. The van der Waals surface area contributed by atoms with Crippen LogP contribution in [0.4, 0.5) is 0 Å². The van der Waals surface area contributed by atoms with Crippen LogP contribution in [-0.4, -0.2) is 39.1 Å². The Labute approximate surface area is 157 Å². The minimum atomic E-state index is 0. The van der Waals surface area contributed by atoms with Gasteiger partial charge in [0.2, 0.25) is 0 Å². The van der Waals surface area contributed by atoms with Crippen LogP contribution in [0.1, 0.15) is 118 Å². The highest BCUT2D eigenvalue weighted by Crippen LogP contribution is 2.15. The van der Waals surface area contributed by atoms with E-state index in [9.17, 15) is 0 Å². The van der Waals surface area contributed by atoms with E-state index in [0.29, 0.717) is 0 Å². The second kappa shape index (κ2) is 19.4. The predicted molar refractivity (Wildman–Crippen MR) is 113 cm³/mol. The standard InChI is InChI=1S/C22H48N.B/c1-5-9-11-12-13-14-15-16-17-18-19-20-22-23(7-3,8-4)21-10-6-2;/h5-22H2,1-4H3;/q+1;-1. The van der Waals surface area contributed by atoms with Gasteiger partial charge in [-0.1, -0.05) is 84.5 Å². The molecule has 0 aliphatic carbocycles. The van der Waals surface area contributed by atoms with Crippen molar-refractivity contribution in [3.05, 3.63) is 0 Å². The molecule has 0 rings (SSSR count). The molecule has 0 fully saturated rings. The van der Waals surface area contributed by atoms with Crippen molar-refractivity contribution in [3.63, 3.8) is 0 Å². The van der Waals surface area contributed by atoms with E-state index in [1.165, 1.54) is 121 Å². The number of rotatable bonds is 18. The second-order valence-electron chi connectivity index (χ2n) is 7.66. The average Bonchev–Trinajstić information content (AvgIpc) is 2.59. The van der Waals surface area contributed by atoms with Gasteiger partial charge in [-0.3, -0.25) is 0 Å². The van der Waals surface area contributed by atoms with Crippen LogP contribution in [0, 0.1) is 0 Å². The molecule has 4 radical (unpaired) electrons. The smallest absolute Gasteiger partial charge is 0.0786 e. The van der Waals surface area contributed by atoms with Crippen molar-refractivity contribution in [1.29, 1.82) is 0 Å². The quantitative estimate of drug-likeness (QED) is 0.144. The van der Waals surface area contributed by atoms with E-state index in [4.69, 9.17) is 0 Å². The third kappa shape index (κ3) is 14.4. The molecule has 0 saturated carbocycles. The number of hydrogen-bond acceptors (Lipinski definition) is 0. The van der Waals surface area contributed by atoms with Gasteiger partial charge in [-0.25, -0.2) is 0 Å². The molecular weight excluding hydrogens is 289 g/mol. The summed E-state index contributed by atoms with van der Waals surface area (Å²) in [5.74, 6) is 0. The minimum Gasteiger partial charge on any atom is -1.00 e. The lowest BCUT2D eigenvalue weighted by atomic mass is 10.0. The third-order valence-electron chi connectivity index (χ3n) is 5.81. The summed E-state index contributed by atoms with van der Waals surface area (Å²) in [5, 5.41) is 0. The Hall–Kier alpha value is 0.0249. The zero-order valence-electron chi connectivity index (χ0n) is 17.8. The van der Waals surface area contributed by atoms with E-state index in [2.05, 4.69) is 27.7 Å². The van der Waals surface area contributed by atoms with Gasteiger partial charge in [0, 0.05) is 0 Å². The molecule has 0 bridgehead atoms. The normalized spacial score (nSPS) is 11.5. The summed E-state index contributed by atoms with van der Waals surface area (Å²) < 4.78 is 1.37. The molecule has 0 atom stereocenters. The first-order valence-electron chi connectivity index (χ1n) is 11.1. The second-order valence-corrected chi connectivity index (χ2v) is 7.66. The number of nitrogens with zero attached hydrogens (tertiary/aromatic N) is 1. The summed E-state index contributed by atoms with van der Waals surface area (Å²) in [6.07, 6.45) is 20.3. The lowest BCUT2D eigenvalue weighted by molar-refractivity contribution is -0.925. The van der Waals surface area contributed by atoms with Gasteiger partial charge in [0.15, 0.2) is 0 Å². The van der Waals surface area contributed by atoms with Gasteiger partial charge < -0.3 is 12.9 Å². The molecule has 0 aliphatic heterocycles. The zero-order valence-corrected chi connectivity index (χ0v) is 17.8. The monoisotopic (exact) mass is 337 g/mol. The summed E-state index contributed by atoms with van der Waals surface area (Å²) in [4.78, 5) is 0. The Kier molecular flexibility index (Phi) is 21.2. The Morgan fingerprint density at radius 1 is 0.417 bits per heavy atom. The van der Waals surface area contributed by atoms with Crippen LogP contribution in [0.2, 0.25) is 0 Å². The fourth-order valence-corrected chi connectivity index (χ4v) is 3.75. The van der Waals surface area contributed by atoms with Crippen LogP contribution < -0.4 is 0 Å². The molecule has 0 saturated heterocycles. The minimum absolute atomic E-state index is 0. The van der Waals surface area contributed by atoms with Crippen LogP contribution in [0.5, 0.6) is 0 Å². The van der Waals surface area contributed by atoms with Gasteiger partial charge in [-0.05, 0) is 33.1 Å². The largest absolute Gasteiger partial charge is 1.00 e. The van der Waals surface area contributed by atoms with Crippen molar-refractivity contribution in [1.82, 2.24) is 0 Å². The molecule has 1 nitrogen and oxygen atoms in total. The molecular formula is C22H48BN. The van der Waals surface area contributed by atoms with Gasteiger partial charge in [-0.15, -0.1) is 0 Å². The Morgan fingerprint density at radius 2 is 0.750 bits per heavy atom. The highest BCUT2D eigenvalue weighted by Gasteiger charge is 2.21. The van der Waals surface area contributed by atoms with Gasteiger partial charge in [-0.2, -0.15) is 0 Å². The van der Waals surface area contributed by atoms with E-state index in [1.54, 1.807) is 0 Å². The third-order valence-corrected chi connectivity index (χ3v) is 5.81. The first kappa shape index (κ1) is 26.3. The number of hydrogen-bond donors (Lipinski definition) is 0. The van der Waals surface area contributed by atoms with Crippen LogP contribution in [0.25, 0.3) is 0 Å². The molecule has 0 aliphatic rings. The summed E-state index contributed by atoms with van der Waals surface area (Å²) in [5.41, 5.74) is 0. The molecule has 0 spiro atoms. The van der Waals surface area contributed by atoms with E-state index >= 15 is 0 Å². The lowest BCUT2D eigenvalue weighted by Crippen LogP contribution is -2.49. The van der Waals surface area contributed by atoms with E-state index in [0.717, 1.165) is 0 Å². The van der Waals surface area contributed by atoms with Crippen molar-refractivity contribution in [3.8, 4) is 0 Å². The fraction of sp³-hybridized carbons (Fsp3) is 1.00. The predicted octanol–water partition coefficient (Wildman–Crippen LogP) is 6.96. The molecule has 0 heterocycles. The Bertz CT molecular complexity index is 226. The van der Waals surface area contributed by atoms with Gasteiger partial charge in [0.1, 0.15) is 0 Å².